The maximum atomic E-state index is 12.9. The Labute approximate surface area is 157 Å². The molecule has 3 aromatic rings. The van der Waals surface area contributed by atoms with Crippen LogP contribution in [-0.4, -0.2) is 12.1 Å². The van der Waals surface area contributed by atoms with E-state index in [0.29, 0.717) is 17.9 Å². The Morgan fingerprint density at radius 3 is 2.33 bits per heavy atom. The fourth-order valence-electron chi connectivity index (χ4n) is 2.33. The molecule has 0 bridgehead atoms. The number of aryl methyl sites for hydroxylation is 1. The van der Waals surface area contributed by atoms with Gasteiger partial charge in [0, 0.05) is 5.56 Å². The number of hydrazone groups is 1. The standard InChI is InChI=1S/C22H19FN2O2/c1-16-2-8-19(9-3-16)22(26)25-24-14-17-6-12-21(13-7-17)27-15-18-4-10-20(23)11-5-18/h2-14H,15H2,1H3,(H,25,26)/b24-14-. The van der Waals surface area contributed by atoms with Crippen LogP contribution in [0.3, 0.4) is 0 Å². The summed E-state index contributed by atoms with van der Waals surface area (Å²) in [6.45, 7) is 2.33. The van der Waals surface area contributed by atoms with Crippen molar-refractivity contribution < 1.29 is 13.9 Å². The van der Waals surface area contributed by atoms with Crippen molar-refractivity contribution in [3.63, 3.8) is 0 Å². The van der Waals surface area contributed by atoms with Crippen molar-refractivity contribution in [3.8, 4) is 5.75 Å². The minimum Gasteiger partial charge on any atom is -0.489 e. The molecule has 0 radical (unpaired) electrons. The van der Waals surface area contributed by atoms with Crippen LogP contribution in [0.4, 0.5) is 4.39 Å². The third-order valence-corrected chi connectivity index (χ3v) is 3.89. The highest BCUT2D eigenvalue weighted by Crippen LogP contribution is 2.14. The molecular weight excluding hydrogens is 343 g/mol. The number of halogens is 1. The monoisotopic (exact) mass is 362 g/mol. The second-order valence-electron chi connectivity index (χ2n) is 6.05. The van der Waals surface area contributed by atoms with E-state index in [1.165, 1.54) is 12.1 Å². The Bertz CT molecular complexity index is 918. The molecule has 4 nitrogen and oxygen atoms in total. The number of nitrogens with zero attached hydrogens (tertiary/aromatic N) is 1. The highest BCUT2D eigenvalue weighted by Gasteiger charge is 2.02. The fourth-order valence-corrected chi connectivity index (χ4v) is 2.33. The lowest BCUT2D eigenvalue weighted by Gasteiger charge is -2.06. The number of benzene rings is 3. The molecule has 0 fully saturated rings. The topological polar surface area (TPSA) is 50.7 Å². The largest absolute Gasteiger partial charge is 0.489 e. The van der Waals surface area contributed by atoms with Crippen LogP contribution in [0.25, 0.3) is 0 Å². The third-order valence-electron chi connectivity index (χ3n) is 3.89. The van der Waals surface area contributed by atoms with Gasteiger partial charge in [-0.05, 0) is 66.6 Å². The minimum absolute atomic E-state index is 0.259. The van der Waals surface area contributed by atoms with Gasteiger partial charge in [-0.1, -0.05) is 29.8 Å². The number of amides is 1. The molecule has 0 saturated carbocycles. The summed E-state index contributed by atoms with van der Waals surface area (Å²) in [5.41, 5.74) is 5.87. The van der Waals surface area contributed by atoms with Crippen LogP contribution in [-0.2, 0) is 6.61 Å². The molecule has 0 unspecified atom stereocenters. The van der Waals surface area contributed by atoms with E-state index < -0.39 is 0 Å². The Hall–Kier alpha value is -3.47. The van der Waals surface area contributed by atoms with E-state index in [4.69, 9.17) is 4.74 Å². The smallest absolute Gasteiger partial charge is 0.271 e. The summed E-state index contributed by atoms with van der Waals surface area (Å²) in [5.74, 6) is 0.169. The summed E-state index contributed by atoms with van der Waals surface area (Å²) >= 11 is 0. The summed E-state index contributed by atoms with van der Waals surface area (Å²) in [4.78, 5) is 12.0. The SMILES string of the molecule is Cc1ccc(C(=O)N/N=C\c2ccc(OCc3ccc(F)cc3)cc2)cc1. The zero-order valence-corrected chi connectivity index (χ0v) is 14.9. The van der Waals surface area contributed by atoms with Crippen LogP contribution in [0, 0.1) is 12.7 Å². The number of hydrogen-bond acceptors (Lipinski definition) is 3. The van der Waals surface area contributed by atoms with Gasteiger partial charge in [-0.25, -0.2) is 9.82 Å². The molecular formula is C22H19FN2O2. The molecule has 0 aliphatic carbocycles. The van der Waals surface area contributed by atoms with Gasteiger partial charge >= 0.3 is 0 Å². The molecule has 0 saturated heterocycles. The quantitative estimate of drug-likeness (QED) is 0.519. The highest BCUT2D eigenvalue weighted by molar-refractivity contribution is 5.94. The zero-order valence-electron chi connectivity index (χ0n) is 14.9. The normalized spacial score (nSPS) is 10.7. The molecule has 3 rings (SSSR count). The van der Waals surface area contributed by atoms with Crippen molar-refractivity contribution in [2.45, 2.75) is 13.5 Å². The molecule has 0 heterocycles. The van der Waals surface area contributed by atoms with Gasteiger partial charge < -0.3 is 4.74 Å². The molecule has 0 aliphatic heterocycles. The van der Waals surface area contributed by atoms with Crippen LogP contribution < -0.4 is 10.2 Å². The van der Waals surface area contributed by atoms with E-state index in [-0.39, 0.29) is 11.7 Å². The first-order valence-corrected chi connectivity index (χ1v) is 8.47. The number of nitrogens with one attached hydrogen (secondary N) is 1. The van der Waals surface area contributed by atoms with Gasteiger partial charge in [-0.3, -0.25) is 4.79 Å². The van der Waals surface area contributed by atoms with Gasteiger partial charge in [0.1, 0.15) is 18.2 Å². The van der Waals surface area contributed by atoms with Gasteiger partial charge in [-0.15, -0.1) is 0 Å². The predicted molar refractivity (Wildman–Crippen MR) is 103 cm³/mol. The Morgan fingerprint density at radius 2 is 1.67 bits per heavy atom. The molecule has 0 aliphatic rings. The van der Waals surface area contributed by atoms with E-state index in [1.54, 1.807) is 30.5 Å². The van der Waals surface area contributed by atoms with Gasteiger partial charge in [0.15, 0.2) is 0 Å². The average Bonchev–Trinajstić information content (AvgIpc) is 2.69. The van der Waals surface area contributed by atoms with E-state index in [1.807, 2.05) is 43.3 Å². The Morgan fingerprint density at radius 1 is 1.00 bits per heavy atom. The van der Waals surface area contributed by atoms with Crippen molar-refractivity contribution in [3.05, 3.63) is 101 Å². The Balaban J connectivity index is 1.50. The van der Waals surface area contributed by atoms with Crippen LogP contribution >= 0.6 is 0 Å². The molecule has 5 heteroatoms. The Kier molecular flexibility index (Phi) is 5.94. The number of ether oxygens (including phenoxy) is 1. The minimum atomic E-state index is -0.267. The zero-order chi connectivity index (χ0) is 19.1. The highest BCUT2D eigenvalue weighted by atomic mass is 19.1. The maximum absolute atomic E-state index is 12.9. The van der Waals surface area contributed by atoms with Crippen molar-refractivity contribution in [1.29, 1.82) is 0 Å². The van der Waals surface area contributed by atoms with Crippen LogP contribution in [0.5, 0.6) is 5.75 Å². The van der Waals surface area contributed by atoms with Crippen LogP contribution in [0.15, 0.2) is 77.9 Å². The van der Waals surface area contributed by atoms with E-state index in [9.17, 15) is 9.18 Å². The molecule has 136 valence electrons. The van der Waals surface area contributed by atoms with Crippen molar-refractivity contribution in [2.75, 3.05) is 0 Å². The van der Waals surface area contributed by atoms with Gasteiger partial charge in [0.05, 0.1) is 6.21 Å². The molecule has 3 aromatic carbocycles. The molecule has 1 N–H and O–H groups in total. The summed E-state index contributed by atoms with van der Waals surface area (Å²) < 4.78 is 18.5. The second kappa shape index (κ2) is 8.76. The lowest BCUT2D eigenvalue weighted by atomic mass is 10.1. The lowest BCUT2D eigenvalue weighted by molar-refractivity contribution is 0.0955. The summed E-state index contributed by atoms with van der Waals surface area (Å²) in [6, 6.07) is 20.8. The summed E-state index contributed by atoms with van der Waals surface area (Å²) in [6.07, 6.45) is 1.57. The number of rotatable bonds is 6. The number of carbonyl (C=O) groups is 1. The molecule has 1 amide bonds. The van der Waals surface area contributed by atoms with Crippen molar-refractivity contribution in [1.82, 2.24) is 5.43 Å². The lowest BCUT2D eigenvalue weighted by Crippen LogP contribution is -2.17. The first-order chi connectivity index (χ1) is 13.1. The van der Waals surface area contributed by atoms with E-state index >= 15 is 0 Å². The van der Waals surface area contributed by atoms with Crippen LogP contribution in [0.2, 0.25) is 0 Å². The average molecular weight is 362 g/mol. The molecule has 0 aromatic heterocycles. The maximum Gasteiger partial charge on any atom is 0.271 e. The van der Waals surface area contributed by atoms with Crippen LogP contribution in [0.1, 0.15) is 27.0 Å². The van der Waals surface area contributed by atoms with Gasteiger partial charge in [0.25, 0.3) is 5.91 Å². The molecule has 0 atom stereocenters. The van der Waals surface area contributed by atoms with E-state index in [0.717, 1.165) is 16.7 Å². The summed E-state index contributed by atoms with van der Waals surface area (Å²) in [7, 11) is 0. The third kappa shape index (κ3) is 5.51. The summed E-state index contributed by atoms with van der Waals surface area (Å²) in [5, 5.41) is 3.97. The molecule has 0 spiro atoms. The fraction of sp³-hybridized carbons (Fsp3) is 0.0909. The van der Waals surface area contributed by atoms with E-state index in [2.05, 4.69) is 10.5 Å². The first kappa shape index (κ1) is 18.3. The predicted octanol–water partition coefficient (Wildman–Crippen LogP) is 4.48. The number of carbonyl (C=O) groups excluding carboxylic acids is 1. The first-order valence-electron chi connectivity index (χ1n) is 8.47. The van der Waals surface area contributed by atoms with Crippen molar-refractivity contribution >= 4 is 12.1 Å². The van der Waals surface area contributed by atoms with Gasteiger partial charge in [-0.2, -0.15) is 5.10 Å². The van der Waals surface area contributed by atoms with Crippen molar-refractivity contribution in [2.24, 2.45) is 5.10 Å². The number of hydrogen-bond donors (Lipinski definition) is 1. The van der Waals surface area contributed by atoms with Gasteiger partial charge in [0.2, 0.25) is 0 Å². The second-order valence-corrected chi connectivity index (χ2v) is 6.05. The molecule has 27 heavy (non-hydrogen) atoms.